The van der Waals surface area contributed by atoms with Crippen LogP contribution < -0.4 is 0 Å². The second-order valence-corrected chi connectivity index (χ2v) is 10.1. The molecule has 0 aromatic rings. The highest BCUT2D eigenvalue weighted by Gasteiger charge is 2.25. The van der Waals surface area contributed by atoms with Crippen LogP contribution in [-0.4, -0.2) is 23.1 Å². The molecule has 0 spiro atoms. The van der Waals surface area contributed by atoms with E-state index < -0.39 is 11.2 Å². The molecule has 0 aliphatic carbocycles. The van der Waals surface area contributed by atoms with Crippen molar-refractivity contribution in [2.24, 2.45) is 0 Å². The molecule has 32 heavy (non-hydrogen) atoms. The molecular weight excluding hydrogens is 408 g/mol. The zero-order chi connectivity index (χ0) is 24.3. The molecule has 0 amide bonds. The molecule has 0 N–H and O–H groups in total. The van der Waals surface area contributed by atoms with Crippen LogP contribution in [0, 0.1) is 0 Å². The third-order valence-corrected chi connectivity index (χ3v) is 5.50. The summed E-state index contributed by atoms with van der Waals surface area (Å²) >= 11 is 0. The number of unbranched alkanes of at least 4 members (excludes halogenated alkanes) is 9. The fourth-order valence-electron chi connectivity index (χ4n) is 3.33. The van der Waals surface area contributed by atoms with Crippen LogP contribution in [0.5, 0.6) is 0 Å². The average molecular weight is 459 g/mol. The quantitative estimate of drug-likeness (QED) is 0.0993. The summed E-state index contributed by atoms with van der Waals surface area (Å²) in [5.74, 6) is -0.590. The van der Waals surface area contributed by atoms with Gasteiger partial charge in [-0.05, 0) is 53.4 Å². The Kier molecular flexibility index (Phi) is 17.7. The van der Waals surface area contributed by atoms with E-state index in [1.165, 1.54) is 25.7 Å². The normalized spacial score (nSPS) is 12.1. The first-order valence-corrected chi connectivity index (χ1v) is 12.9. The fraction of sp³-hybridized carbons (Fsp3) is 0.923. The van der Waals surface area contributed by atoms with Crippen LogP contribution in [0.1, 0.15) is 144 Å². The summed E-state index contributed by atoms with van der Waals surface area (Å²) in [6.07, 6.45) is 15.0. The van der Waals surface area contributed by atoms with Crippen molar-refractivity contribution in [1.82, 2.24) is 0 Å². The minimum Gasteiger partial charge on any atom is -0.298 e. The summed E-state index contributed by atoms with van der Waals surface area (Å²) in [4.78, 5) is 44.4. The maximum absolute atomic E-state index is 11.8. The first-order valence-electron chi connectivity index (χ1n) is 12.9. The van der Waals surface area contributed by atoms with Gasteiger partial charge in [-0.3, -0.25) is 9.78 Å². The van der Waals surface area contributed by atoms with E-state index in [4.69, 9.17) is 19.6 Å². The zero-order valence-corrected chi connectivity index (χ0v) is 21.8. The zero-order valence-electron chi connectivity index (χ0n) is 21.8. The number of carbonyl (C=O) groups excluding carboxylic acids is 2. The number of carbonyl (C=O) groups is 2. The molecule has 0 rings (SSSR count). The average Bonchev–Trinajstić information content (AvgIpc) is 2.74. The van der Waals surface area contributed by atoms with Crippen LogP contribution in [0.15, 0.2) is 0 Å². The molecule has 6 heteroatoms. The lowest BCUT2D eigenvalue weighted by Crippen LogP contribution is -2.28. The summed E-state index contributed by atoms with van der Waals surface area (Å²) in [5, 5.41) is 0. The van der Waals surface area contributed by atoms with Gasteiger partial charge in [0, 0.05) is 12.8 Å². The molecule has 0 saturated carbocycles. The van der Waals surface area contributed by atoms with Crippen molar-refractivity contribution in [3.05, 3.63) is 0 Å². The van der Waals surface area contributed by atoms with E-state index in [0.717, 1.165) is 64.2 Å². The maximum Gasteiger partial charge on any atom is 0.342 e. The van der Waals surface area contributed by atoms with Gasteiger partial charge in [-0.15, -0.1) is 0 Å². The van der Waals surface area contributed by atoms with Gasteiger partial charge in [-0.2, -0.15) is 9.78 Å². The highest BCUT2D eigenvalue weighted by atomic mass is 17.2. The Morgan fingerprint density at radius 1 is 0.531 bits per heavy atom. The number of hydrogen-bond donors (Lipinski definition) is 0. The van der Waals surface area contributed by atoms with Crippen LogP contribution in [0.2, 0.25) is 0 Å². The minimum absolute atomic E-state index is 0.295. The lowest BCUT2D eigenvalue weighted by molar-refractivity contribution is -0.329. The molecule has 0 heterocycles. The van der Waals surface area contributed by atoms with Crippen molar-refractivity contribution >= 4 is 11.9 Å². The van der Waals surface area contributed by atoms with E-state index in [-0.39, 0.29) is 11.9 Å². The topological polar surface area (TPSA) is 71.1 Å². The van der Waals surface area contributed by atoms with Crippen molar-refractivity contribution in [2.45, 2.75) is 155 Å². The van der Waals surface area contributed by atoms with Gasteiger partial charge in [0.05, 0.1) is 0 Å². The van der Waals surface area contributed by atoms with Crippen molar-refractivity contribution in [2.75, 3.05) is 0 Å². The van der Waals surface area contributed by atoms with Gasteiger partial charge in [-0.25, -0.2) is 9.59 Å². The van der Waals surface area contributed by atoms with E-state index in [2.05, 4.69) is 13.8 Å². The summed E-state index contributed by atoms with van der Waals surface area (Å²) in [7, 11) is 0. The second kappa shape index (κ2) is 18.3. The first-order chi connectivity index (χ1) is 15.1. The molecule has 0 bridgehead atoms. The Balaban J connectivity index is 3.89. The molecule has 190 valence electrons. The van der Waals surface area contributed by atoms with Crippen molar-refractivity contribution < 1.29 is 29.1 Å². The summed E-state index contributed by atoms with van der Waals surface area (Å²) in [5.41, 5.74) is -1.07. The fourth-order valence-corrected chi connectivity index (χ4v) is 3.33. The SMILES string of the molecule is CCCCCCCC(=O)OOC(C)(C)CCCCC(C)(C)OOC(=O)CCCCCCC. The van der Waals surface area contributed by atoms with Gasteiger partial charge in [0.15, 0.2) is 0 Å². The molecule has 0 unspecified atom stereocenters. The standard InChI is InChI=1S/C26H50O6/c1-7-9-11-13-15-19-23(27)29-31-25(3,4)21-17-18-22-26(5,6)32-30-24(28)20-16-14-12-10-8-2/h7-22H2,1-6H3. The van der Waals surface area contributed by atoms with Gasteiger partial charge < -0.3 is 0 Å². The van der Waals surface area contributed by atoms with E-state index in [1.54, 1.807) is 0 Å². The molecule has 0 aliphatic heterocycles. The van der Waals surface area contributed by atoms with Crippen molar-refractivity contribution in [3.63, 3.8) is 0 Å². The largest absolute Gasteiger partial charge is 0.342 e. The number of rotatable bonds is 21. The van der Waals surface area contributed by atoms with E-state index in [1.807, 2.05) is 27.7 Å². The Hall–Kier alpha value is -1.14. The van der Waals surface area contributed by atoms with Gasteiger partial charge in [0.25, 0.3) is 0 Å². The molecule has 0 atom stereocenters. The third-order valence-electron chi connectivity index (χ3n) is 5.50. The molecule has 0 fully saturated rings. The lowest BCUT2D eigenvalue weighted by atomic mass is 9.96. The lowest BCUT2D eigenvalue weighted by Gasteiger charge is -2.25. The molecule has 0 aromatic heterocycles. The molecule has 6 nitrogen and oxygen atoms in total. The van der Waals surface area contributed by atoms with Gasteiger partial charge in [0.2, 0.25) is 0 Å². The second-order valence-electron chi connectivity index (χ2n) is 10.1. The van der Waals surface area contributed by atoms with Crippen molar-refractivity contribution in [3.8, 4) is 0 Å². The summed E-state index contributed by atoms with van der Waals surface area (Å²) in [6, 6.07) is 0. The molecular formula is C26H50O6. The Bertz CT molecular complexity index is 443. The van der Waals surface area contributed by atoms with E-state index >= 15 is 0 Å². The highest BCUT2D eigenvalue weighted by molar-refractivity contribution is 5.68. The molecule has 0 aliphatic rings. The van der Waals surface area contributed by atoms with Gasteiger partial charge in [-0.1, -0.05) is 78.1 Å². The van der Waals surface area contributed by atoms with Crippen molar-refractivity contribution in [1.29, 1.82) is 0 Å². The monoisotopic (exact) mass is 458 g/mol. The predicted molar refractivity (Wildman–Crippen MR) is 128 cm³/mol. The predicted octanol–water partition coefficient (Wildman–Crippen LogP) is 7.77. The maximum atomic E-state index is 11.8. The van der Waals surface area contributed by atoms with E-state index in [0.29, 0.717) is 12.8 Å². The Morgan fingerprint density at radius 3 is 1.22 bits per heavy atom. The third kappa shape index (κ3) is 19.5. The number of hydrogen-bond acceptors (Lipinski definition) is 6. The molecule has 0 saturated heterocycles. The molecule has 0 radical (unpaired) electrons. The first kappa shape index (κ1) is 30.9. The smallest absolute Gasteiger partial charge is 0.298 e. The van der Waals surface area contributed by atoms with E-state index in [9.17, 15) is 9.59 Å². The summed E-state index contributed by atoms with van der Waals surface area (Å²) < 4.78 is 0. The van der Waals surface area contributed by atoms with Crippen LogP contribution in [-0.2, 0) is 29.1 Å². The van der Waals surface area contributed by atoms with Crippen LogP contribution in [0.3, 0.4) is 0 Å². The van der Waals surface area contributed by atoms with Crippen LogP contribution in [0.25, 0.3) is 0 Å². The molecule has 0 aromatic carbocycles. The van der Waals surface area contributed by atoms with Gasteiger partial charge >= 0.3 is 11.9 Å². The van der Waals surface area contributed by atoms with Crippen LogP contribution in [0.4, 0.5) is 0 Å². The Labute approximate surface area is 196 Å². The summed E-state index contributed by atoms with van der Waals surface area (Å²) in [6.45, 7) is 12.0. The highest BCUT2D eigenvalue weighted by Crippen LogP contribution is 2.24. The van der Waals surface area contributed by atoms with Gasteiger partial charge in [0.1, 0.15) is 11.2 Å². The minimum atomic E-state index is -0.535. The van der Waals surface area contributed by atoms with Crippen LogP contribution >= 0.6 is 0 Å². The Morgan fingerprint density at radius 2 is 0.875 bits per heavy atom.